The van der Waals surface area contributed by atoms with Crippen LogP contribution in [-0.4, -0.2) is 10.2 Å². The molecule has 1 aromatic heterocycles. The molecule has 0 saturated heterocycles. The largest absolute Gasteiger partial charge is 0.355 e. The summed E-state index contributed by atoms with van der Waals surface area (Å²) >= 11 is 5.96. The maximum absolute atomic E-state index is 5.96. The van der Waals surface area contributed by atoms with E-state index in [2.05, 4.69) is 46.7 Å². The van der Waals surface area contributed by atoms with E-state index in [9.17, 15) is 0 Å². The van der Waals surface area contributed by atoms with Gasteiger partial charge in [0.05, 0.1) is 5.52 Å². The highest BCUT2D eigenvalue weighted by Gasteiger charge is 2.03. The highest BCUT2D eigenvalue weighted by molar-refractivity contribution is 6.34. The van der Waals surface area contributed by atoms with Crippen molar-refractivity contribution in [2.24, 2.45) is 0 Å². The molecule has 0 aliphatic heterocycles. The number of aromatic amines is 1. The Labute approximate surface area is 110 Å². The van der Waals surface area contributed by atoms with Gasteiger partial charge in [-0.05, 0) is 37.3 Å². The number of nitrogens with zero attached hydrogens (tertiary/aromatic N) is 1. The topological polar surface area (TPSA) is 40.7 Å². The standard InChI is InChI=1S/C14H12ClN3/c1-9-2-4-10(5-3-9)16-11-6-7-12-13(8-11)17-18-14(12)15/h2-8,16H,1H3,(H,17,18). The summed E-state index contributed by atoms with van der Waals surface area (Å²) in [4.78, 5) is 0. The Balaban J connectivity index is 1.92. The van der Waals surface area contributed by atoms with Crippen molar-refractivity contribution < 1.29 is 0 Å². The fourth-order valence-corrected chi connectivity index (χ4v) is 2.06. The summed E-state index contributed by atoms with van der Waals surface area (Å²) in [5, 5.41) is 11.7. The maximum atomic E-state index is 5.96. The van der Waals surface area contributed by atoms with E-state index >= 15 is 0 Å². The molecular weight excluding hydrogens is 246 g/mol. The van der Waals surface area contributed by atoms with Gasteiger partial charge in [-0.2, -0.15) is 5.10 Å². The SMILES string of the molecule is Cc1ccc(Nc2ccc3c(Cl)[nH]nc3c2)cc1. The Kier molecular flexibility index (Phi) is 2.68. The van der Waals surface area contributed by atoms with Gasteiger partial charge in [0.25, 0.3) is 0 Å². The number of halogens is 1. The van der Waals surface area contributed by atoms with Crippen LogP contribution in [0.25, 0.3) is 10.9 Å². The normalized spacial score (nSPS) is 10.8. The maximum Gasteiger partial charge on any atom is 0.132 e. The van der Waals surface area contributed by atoms with Gasteiger partial charge in [-0.1, -0.05) is 29.3 Å². The van der Waals surface area contributed by atoms with Crippen LogP contribution in [0.3, 0.4) is 0 Å². The minimum absolute atomic E-state index is 0.576. The van der Waals surface area contributed by atoms with Gasteiger partial charge in [-0.15, -0.1) is 0 Å². The lowest BCUT2D eigenvalue weighted by Crippen LogP contribution is -1.89. The van der Waals surface area contributed by atoms with Gasteiger partial charge >= 0.3 is 0 Å². The van der Waals surface area contributed by atoms with E-state index in [1.165, 1.54) is 5.56 Å². The zero-order chi connectivity index (χ0) is 12.5. The number of aromatic nitrogens is 2. The number of aryl methyl sites for hydroxylation is 1. The molecule has 3 rings (SSSR count). The van der Waals surface area contributed by atoms with Crippen LogP contribution in [0, 0.1) is 6.92 Å². The summed E-state index contributed by atoms with van der Waals surface area (Å²) < 4.78 is 0. The van der Waals surface area contributed by atoms with E-state index in [0.29, 0.717) is 5.15 Å². The first-order valence-corrected chi connectivity index (χ1v) is 6.07. The Morgan fingerprint density at radius 1 is 1.06 bits per heavy atom. The van der Waals surface area contributed by atoms with Crippen LogP contribution in [0.2, 0.25) is 5.15 Å². The first kappa shape index (κ1) is 11.1. The first-order chi connectivity index (χ1) is 8.72. The third kappa shape index (κ3) is 2.05. The summed E-state index contributed by atoms with van der Waals surface area (Å²) in [5.74, 6) is 0. The zero-order valence-electron chi connectivity index (χ0n) is 9.87. The monoisotopic (exact) mass is 257 g/mol. The molecule has 2 aromatic carbocycles. The fraction of sp³-hybridized carbons (Fsp3) is 0.0714. The van der Waals surface area contributed by atoms with Gasteiger partial charge in [0.1, 0.15) is 5.15 Å². The molecule has 18 heavy (non-hydrogen) atoms. The number of benzene rings is 2. The lowest BCUT2D eigenvalue weighted by molar-refractivity contribution is 1.12. The van der Waals surface area contributed by atoms with E-state index in [0.717, 1.165) is 22.3 Å². The quantitative estimate of drug-likeness (QED) is 0.720. The molecule has 0 atom stereocenters. The number of rotatable bonds is 2. The molecule has 2 N–H and O–H groups in total. The lowest BCUT2D eigenvalue weighted by atomic mass is 10.2. The van der Waals surface area contributed by atoms with Crippen molar-refractivity contribution in [2.45, 2.75) is 6.92 Å². The zero-order valence-corrected chi connectivity index (χ0v) is 10.6. The third-order valence-electron chi connectivity index (χ3n) is 2.85. The Bertz CT molecular complexity index is 686. The number of hydrogen-bond acceptors (Lipinski definition) is 2. The summed E-state index contributed by atoms with van der Waals surface area (Å²) in [6.07, 6.45) is 0. The third-order valence-corrected chi connectivity index (χ3v) is 3.14. The van der Waals surface area contributed by atoms with Crippen LogP contribution in [-0.2, 0) is 0 Å². The molecule has 3 nitrogen and oxygen atoms in total. The van der Waals surface area contributed by atoms with Crippen molar-refractivity contribution in [1.29, 1.82) is 0 Å². The molecule has 0 unspecified atom stereocenters. The van der Waals surface area contributed by atoms with Crippen molar-refractivity contribution in [2.75, 3.05) is 5.32 Å². The second kappa shape index (κ2) is 4.35. The molecule has 0 saturated carbocycles. The molecule has 0 fully saturated rings. The average Bonchev–Trinajstić information content (AvgIpc) is 2.74. The molecule has 0 spiro atoms. The number of fused-ring (bicyclic) bond motifs is 1. The minimum atomic E-state index is 0.576. The molecule has 0 radical (unpaired) electrons. The molecule has 3 aromatic rings. The van der Waals surface area contributed by atoms with Crippen molar-refractivity contribution in [3.63, 3.8) is 0 Å². The number of H-pyrrole nitrogens is 1. The highest BCUT2D eigenvalue weighted by atomic mass is 35.5. The number of anilines is 2. The molecule has 0 aliphatic rings. The van der Waals surface area contributed by atoms with Crippen molar-refractivity contribution in [3.8, 4) is 0 Å². The van der Waals surface area contributed by atoms with Crippen LogP contribution in [0.5, 0.6) is 0 Å². The van der Waals surface area contributed by atoms with E-state index < -0.39 is 0 Å². The molecule has 1 heterocycles. The Morgan fingerprint density at radius 2 is 1.78 bits per heavy atom. The summed E-state index contributed by atoms with van der Waals surface area (Å²) in [7, 11) is 0. The van der Waals surface area contributed by atoms with Crippen LogP contribution in [0.1, 0.15) is 5.56 Å². The smallest absolute Gasteiger partial charge is 0.132 e. The lowest BCUT2D eigenvalue weighted by Gasteiger charge is -2.06. The van der Waals surface area contributed by atoms with Gasteiger partial charge in [0.2, 0.25) is 0 Å². The van der Waals surface area contributed by atoms with E-state index in [1.807, 2.05) is 18.2 Å². The van der Waals surface area contributed by atoms with Gasteiger partial charge in [-0.3, -0.25) is 5.10 Å². The van der Waals surface area contributed by atoms with Crippen LogP contribution < -0.4 is 5.32 Å². The number of nitrogens with one attached hydrogen (secondary N) is 2. The van der Waals surface area contributed by atoms with E-state index in [1.54, 1.807) is 0 Å². The first-order valence-electron chi connectivity index (χ1n) is 5.70. The molecule has 0 aliphatic carbocycles. The van der Waals surface area contributed by atoms with Crippen LogP contribution >= 0.6 is 11.6 Å². The molecule has 4 heteroatoms. The second-order valence-electron chi connectivity index (χ2n) is 4.26. The predicted molar refractivity (Wildman–Crippen MR) is 75.6 cm³/mol. The number of hydrogen-bond donors (Lipinski definition) is 2. The predicted octanol–water partition coefficient (Wildman–Crippen LogP) is 4.27. The molecular formula is C14H12ClN3. The van der Waals surface area contributed by atoms with Gasteiger partial charge in [0.15, 0.2) is 0 Å². The second-order valence-corrected chi connectivity index (χ2v) is 4.64. The van der Waals surface area contributed by atoms with Gasteiger partial charge in [0, 0.05) is 16.8 Å². The van der Waals surface area contributed by atoms with Crippen LogP contribution in [0.15, 0.2) is 42.5 Å². The van der Waals surface area contributed by atoms with Crippen molar-refractivity contribution >= 4 is 33.9 Å². The average molecular weight is 258 g/mol. The fourth-order valence-electron chi connectivity index (χ4n) is 1.86. The highest BCUT2D eigenvalue weighted by Crippen LogP contribution is 2.25. The van der Waals surface area contributed by atoms with Gasteiger partial charge < -0.3 is 5.32 Å². The summed E-state index contributed by atoms with van der Waals surface area (Å²) in [6, 6.07) is 14.2. The molecule has 90 valence electrons. The van der Waals surface area contributed by atoms with E-state index in [4.69, 9.17) is 11.6 Å². The molecule has 0 amide bonds. The summed E-state index contributed by atoms with van der Waals surface area (Å²) in [5.41, 5.74) is 4.16. The van der Waals surface area contributed by atoms with Crippen molar-refractivity contribution in [1.82, 2.24) is 10.2 Å². The van der Waals surface area contributed by atoms with Crippen LogP contribution in [0.4, 0.5) is 11.4 Å². The Morgan fingerprint density at radius 3 is 2.56 bits per heavy atom. The minimum Gasteiger partial charge on any atom is -0.355 e. The van der Waals surface area contributed by atoms with Crippen molar-refractivity contribution in [3.05, 3.63) is 53.2 Å². The van der Waals surface area contributed by atoms with E-state index in [-0.39, 0.29) is 0 Å². The molecule has 0 bridgehead atoms. The van der Waals surface area contributed by atoms with Gasteiger partial charge in [-0.25, -0.2) is 0 Å². The summed E-state index contributed by atoms with van der Waals surface area (Å²) in [6.45, 7) is 2.07. The Hall–Kier alpha value is -2.00.